The smallest absolute Gasteiger partial charge is 0.325 e. The van der Waals surface area contributed by atoms with Crippen LogP contribution in [0.2, 0.25) is 0 Å². The van der Waals surface area contributed by atoms with Crippen LogP contribution in [0, 0.1) is 0 Å². The Labute approximate surface area is 208 Å². The molecule has 180 valence electrons. The zero-order chi connectivity index (χ0) is 24.0. The van der Waals surface area contributed by atoms with Crippen molar-refractivity contribution >= 4 is 40.0 Å². The molecule has 2 aromatic carbocycles. The Balaban J connectivity index is 1.09. The van der Waals surface area contributed by atoms with Gasteiger partial charge in [0.1, 0.15) is 12.1 Å². The molecule has 1 atom stereocenters. The van der Waals surface area contributed by atoms with Crippen LogP contribution in [0.5, 0.6) is 0 Å². The highest BCUT2D eigenvalue weighted by Gasteiger charge is 2.54. The molecule has 1 aliphatic carbocycles. The van der Waals surface area contributed by atoms with Crippen molar-refractivity contribution in [3.05, 3.63) is 69.9 Å². The fraction of sp³-hybridized carbons (Fsp3) is 0.370. The van der Waals surface area contributed by atoms with Crippen LogP contribution in [0.15, 0.2) is 53.9 Å². The lowest BCUT2D eigenvalue weighted by Crippen LogP contribution is -2.52. The van der Waals surface area contributed by atoms with Crippen LogP contribution in [0.1, 0.15) is 28.8 Å². The molecule has 3 aromatic rings. The summed E-state index contributed by atoms with van der Waals surface area (Å²) in [5, 5.41) is 7.40. The van der Waals surface area contributed by atoms with E-state index >= 15 is 0 Å². The number of rotatable bonds is 4. The van der Waals surface area contributed by atoms with Crippen LogP contribution in [-0.2, 0) is 28.1 Å². The Bertz CT molecular complexity index is 1310. The normalized spacial score (nSPS) is 22.6. The molecule has 3 aliphatic rings. The second-order valence-corrected chi connectivity index (χ2v) is 10.6. The molecule has 0 saturated carbocycles. The second-order valence-electron chi connectivity index (χ2n) is 9.63. The largest absolute Gasteiger partial charge is 0.339 e. The standard InChI is InChI=1S/C27H28N4O3S/c32-24(18-31-25(33)27(28-26(31)34)11-4-9-23-22(27)10-16-35-23)30-14-12-29(13-15-30)17-20-7-3-6-19-5-1-2-8-21(19)20/h1-3,5-8,10,16H,4,9,11-15,17-18H2,(H,28,34). The fourth-order valence-electron chi connectivity index (χ4n) is 5.75. The third-order valence-corrected chi connectivity index (χ3v) is 8.61. The number of hydrogen-bond donors (Lipinski definition) is 1. The van der Waals surface area contributed by atoms with E-state index in [4.69, 9.17) is 0 Å². The summed E-state index contributed by atoms with van der Waals surface area (Å²) in [6.45, 7) is 3.34. The lowest BCUT2D eigenvalue weighted by molar-refractivity contribution is -0.140. The van der Waals surface area contributed by atoms with Crippen molar-refractivity contribution in [1.82, 2.24) is 20.0 Å². The molecule has 2 saturated heterocycles. The van der Waals surface area contributed by atoms with E-state index < -0.39 is 11.6 Å². The molecule has 0 bridgehead atoms. The average molecular weight is 489 g/mol. The van der Waals surface area contributed by atoms with Gasteiger partial charge >= 0.3 is 6.03 Å². The van der Waals surface area contributed by atoms with Crippen molar-refractivity contribution in [1.29, 1.82) is 0 Å². The van der Waals surface area contributed by atoms with Crippen LogP contribution < -0.4 is 5.32 Å². The molecule has 3 heterocycles. The molecule has 7 nitrogen and oxygen atoms in total. The SMILES string of the molecule is O=C(CN1C(=O)NC2(CCCc3sccc32)C1=O)N1CCN(Cc2cccc3ccccc23)CC1. The number of urea groups is 1. The molecule has 1 N–H and O–H groups in total. The molecule has 8 heteroatoms. The first-order valence-corrected chi connectivity index (χ1v) is 13.1. The first-order chi connectivity index (χ1) is 17.0. The predicted octanol–water partition coefficient (Wildman–Crippen LogP) is 3.33. The number of carbonyl (C=O) groups excluding carboxylic acids is 3. The van der Waals surface area contributed by atoms with Gasteiger partial charge in [0.2, 0.25) is 5.91 Å². The quantitative estimate of drug-likeness (QED) is 0.572. The third-order valence-electron chi connectivity index (χ3n) is 7.63. The Morgan fingerprint density at radius 3 is 2.66 bits per heavy atom. The molecule has 1 unspecified atom stereocenters. The minimum atomic E-state index is -0.998. The molecule has 2 fully saturated rings. The second kappa shape index (κ2) is 8.77. The summed E-state index contributed by atoms with van der Waals surface area (Å²) in [5.74, 6) is -0.457. The van der Waals surface area contributed by atoms with E-state index in [0.29, 0.717) is 19.5 Å². The van der Waals surface area contributed by atoms with Gasteiger partial charge in [0.25, 0.3) is 5.91 Å². The summed E-state index contributed by atoms with van der Waals surface area (Å²) in [4.78, 5) is 45.7. The van der Waals surface area contributed by atoms with E-state index in [1.54, 1.807) is 16.2 Å². The number of carbonyl (C=O) groups is 3. The zero-order valence-electron chi connectivity index (χ0n) is 19.5. The monoisotopic (exact) mass is 488 g/mol. The van der Waals surface area contributed by atoms with E-state index in [1.165, 1.54) is 16.3 Å². The first-order valence-electron chi connectivity index (χ1n) is 12.2. The highest BCUT2D eigenvalue weighted by atomic mass is 32.1. The van der Waals surface area contributed by atoms with Gasteiger partial charge in [-0.15, -0.1) is 11.3 Å². The van der Waals surface area contributed by atoms with E-state index in [2.05, 4.69) is 52.7 Å². The van der Waals surface area contributed by atoms with E-state index in [1.807, 2.05) is 11.4 Å². The summed E-state index contributed by atoms with van der Waals surface area (Å²) < 4.78 is 0. The molecule has 35 heavy (non-hydrogen) atoms. The zero-order valence-corrected chi connectivity index (χ0v) is 20.4. The number of nitrogens with one attached hydrogen (secondary N) is 1. The molecular formula is C27H28N4O3S. The van der Waals surface area contributed by atoms with E-state index in [-0.39, 0.29) is 18.4 Å². The number of aryl methyl sites for hydroxylation is 1. The highest BCUT2D eigenvalue weighted by Crippen LogP contribution is 2.42. The maximum atomic E-state index is 13.4. The molecule has 0 radical (unpaired) electrons. The Hall–Kier alpha value is -3.23. The van der Waals surface area contributed by atoms with Crippen molar-refractivity contribution in [3.63, 3.8) is 0 Å². The highest BCUT2D eigenvalue weighted by molar-refractivity contribution is 7.10. The Kier molecular flexibility index (Phi) is 5.57. The summed E-state index contributed by atoms with van der Waals surface area (Å²) in [5.41, 5.74) is 1.19. The van der Waals surface area contributed by atoms with Crippen LogP contribution >= 0.6 is 11.3 Å². The summed E-state index contributed by atoms with van der Waals surface area (Å²) >= 11 is 1.63. The maximum Gasteiger partial charge on any atom is 0.325 e. The first kappa shape index (κ1) is 22.2. The molecule has 1 spiro atoms. The number of fused-ring (bicyclic) bond motifs is 3. The Morgan fingerprint density at radius 2 is 1.80 bits per heavy atom. The molecule has 6 rings (SSSR count). The number of piperazine rings is 1. The number of benzene rings is 2. The van der Waals surface area contributed by atoms with Gasteiger partial charge in [-0.2, -0.15) is 0 Å². The summed E-state index contributed by atoms with van der Waals surface area (Å²) in [6.07, 6.45) is 2.36. The number of imide groups is 1. The van der Waals surface area contributed by atoms with Gasteiger partial charge in [-0.05, 0) is 47.0 Å². The molecule has 2 aliphatic heterocycles. The van der Waals surface area contributed by atoms with Crippen LogP contribution in [0.4, 0.5) is 4.79 Å². The van der Waals surface area contributed by atoms with Crippen LogP contribution in [0.3, 0.4) is 0 Å². The maximum absolute atomic E-state index is 13.4. The molecular weight excluding hydrogens is 460 g/mol. The Morgan fingerprint density at radius 1 is 1.00 bits per heavy atom. The van der Waals surface area contributed by atoms with E-state index in [0.717, 1.165) is 47.8 Å². The van der Waals surface area contributed by atoms with Gasteiger partial charge in [0, 0.05) is 43.2 Å². The number of nitrogens with zero attached hydrogens (tertiary/aromatic N) is 3. The molecule has 1 aromatic heterocycles. The lowest BCUT2D eigenvalue weighted by atomic mass is 9.80. The van der Waals surface area contributed by atoms with Crippen molar-refractivity contribution < 1.29 is 14.4 Å². The van der Waals surface area contributed by atoms with Gasteiger partial charge in [-0.3, -0.25) is 19.4 Å². The van der Waals surface area contributed by atoms with Crippen LogP contribution in [-0.4, -0.2) is 65.3 Å². The van der Waals surface area contributed by atoms with Crippen LogP contribution in [0.25, 0.3) is 10.8 Å². The van der Waals surface area contributed by atoms with Gasteiger partial charge in [-0.25, -0.2) is 4.79 Å². The fourth-order valence-corrected chi connectivity index (χ4v) is 6.75. The number of amides is 4. The topological polar surface area (TPSA) is 73.0 Å². The molecule has 4 amide bonds. The summed E-state index contributed by atoms with van der Waals surface area (Å²) in [6, 6.07) is 16.3. The van der Waals surface area contributed by atoms with Gasteiger partial charge in [0.05, 0.1) is 0 Å². The van der Waals surface area contributed by atoms with Crippen molar-refractivity contribution in [3.8, 4) is 0 Å². The third kappa shape index (κ3) is 3.81. The number of hydrogen-bond acceptors (Lipinski definition) is 5. The van der Waals surface area contributed by atoms with Gasteiger partial charge < -0.3 is 10.2 Å². The minimum Gasteiger partial charge on any atom is -0.339 e. The van der Waals surface area contributed by atoms with E-state index in [9.17, 15) is 14.4 Å². The van der Waals surface area contributed by atoms with Crippen molar-refractivity contribution in [2.24, 2.45) is 0 Å². The summed E-state index contributed by atoms with van der Waals surface area (Å²) in [7, 11) is 0. The predicted molar refractivity (Wildman–Crippen MR) is 135 cm³/mol. The van der Waals surface area contributed by atoms with Gasteiger partial charge in [-0.1, -0.05) is 42.5 Å². The lowest BCUT2D eigenvalue weighted by Gasteiger charge is -2.35. The number of thiophene rings is 1. The minimum absolute atomic E-state index is 0.170. The van der Waals surface area contributed by atoms with Crippen molar-refractivity contribution in [2.45, 2.75) is 31.3 Å². The van der Waals surface area contributed by atoms with Gasteiger partial charge in [0.15, 0.2) is 0 Å². The average Bonchev–Trinajstić information content (AvgIpc) is 3.45. The van der Waals surface area contributed by atoms with Crippen molar-refractivity contribution in [2.75, 3.05) is 32.7 Å².